The monoisotopic (exact) mass is 232 g/mol. The van der Waals surface area contributed by atoms with Crippen molar-refractivity contribution in [1.29, 1.82) is 0 Å². The highest BCUT2D eigenvalue weighted by Gasteiger charge is 2.17. The van der Waals surface area contributed by atoms with E-state index in [2.05, 4.69) is 10.2 Å². The molecule has 0 saturated heterocycles. The minimum atomic E-state index is -1.15. The van der Waals surface area contributed by atoms with Gasteiger partial charge in [-0.3, -0.25) is 15.0 Å². The summed E-state index contributed by atoms with van der Waals surface area (Å²) in [4.78, 5) is 22.5. The molecule has 0 bridgehead atoms. The zero-order valence-corrected chi connectivity index (χ0v) is 9.28. The van der Waals surface area contributed by atoms with Crippen LogP contribution in [-0.4, -0.2) is 21.3 Å². The molecule has 0 spiro atoms. The zero-order valence-electron chi connectivity index (χ0n) is 9.28. The molecule has 2 aromatic rings. The lowest BCUT2D eigenvalue weighted by molar-refractivity contribution is 0.0691. The molecule has 1 heterocycles. The fraction of sp³-hybridized carbons (Fsp3) is 0.167. The van der Waals surface area contributed by atoms with Crippen molar-refractivity contribution in [3.05, 3.63) is 45.9 Å². The average Bonchev–Trinajstić information content (AvgIpc) is 2.71. The lowest BCUT2D eigenvalue weighted by Gasteiger charge is -2.00. The number of H-pyrrole nitrogens is 2. The highest BCUT2D eigenvalue weighted by molar-refractivity contribution is 5.93. The normalized spacial score (nSPS) is 10.4. The zero-order chi connectivity index (χ0) is 12.4. The molecule has 5 nitrogen and oxygen atoms in total. The summed E-state index contributed by atoms with van der Waals surface area (Å²) in [7, 11) is 0. The molecule has 17 heavy (non-hydrogen) atoms. The quantitative estimate of drug-likeness (QED) is 0.751. The summed E-state index contributed by atoms with van der Waals surface area (Å²) in [5.41, 5.74) is 1.37. The smallest absolute Gasteiger partial charge is 0.354 e. The summed E-state index contributed by atoms with van der Waals surface area (Å²) < 4.78 is 0. The van der Waals surface area contributed by atoms with E-state index in [1.54, 1.807) is 12.1 Å². The van der Waals surface area contributed by atoms with Gasteiger partial charge >= 0.3 is 5.97 Å². The molecule has 3 N–H and O–H groups in total. The lowest BCUT2D eigenvalue weighted by Crippen LogP contribution is -2.05. The Morgan fingerprint density at radius 3 is 2.41 bits per heavy atom. The molecule has 0 unspecified atom stereocenters. The first-order valence-corrected chi connectivity index (χ1v) is 5.26. The number of carboxylic acid groups (broad SMARTS) is 1. The minimum absolute atomic E-state index is 0.112. The van der Waals surface area contributed by atoms with Crippen LogP contribution in [0.25, 0.3) is 11.1 Å². The van der Waals surface area contributed by atoms with Gasteiger partial charge in [0.2, 0.25) is 0 Å². The Bertz CT molecular complexity index is 593. The molecule has 0 radical (unpaired) electrons. The van der Waals surface area contributed by atoms with Crippen LogP contribution in [0.15, 0.2) is 29.1 Å². The summed E-state index contributed by atoms with van der Waals surface area (Å²) in [6, 6.07) is 7.27. The van der Waals surface area contributed by atoms with Gasteiger partial charge in [0.1, 0.15) is 0 Å². The number of rotatable bonds is 3. The molecular weight excluding hydrogens is 220 g/mol. The molecule has 0 amide bonds. The first kappa shape index (κ1) is 11.2. The highest BCUT2D eigenvalue weighted by atomic mass is 16.4. The van der Waals surface area contributed by atoms with E-state index in [0.717, 1.165) is 12.0 Å². The van der Waals surface area contributed by atoms with Crippen LogP contribution in [-0.2, 0) is 6.42 Å². The Morgan fingerprint density at radius 1 is 1.24 bits per heavy atom. The Labute approximate surface area is 97.1 Å². The Morgan fingerprint density at radius 2 is 1.88 bits per heavy atom. The van der Waals surface area contributed by atoms with Crippen molar-refractivity contribution < 1.29 is 9.90 Å². The molecule has 1 aromatic heterocycles. The van der Waals surface area contributed by atoms with Gasteiger partial charge in [-0.15, -0.1) is 0 Å². The molecule has 0 aliphatic carbocycles. The summed E-state index contributed by atoms with van der Waals surface area (Å²) in [5, 5.41) is 13.6. The van der Waals surface area contributed by atoms with E-state index in [4.69, 9.17) is 5.11 Å². The molecule has 0 aliphatic heterocycles. The number of carboxylic acids is 1. The van der Waals surface area contributed by atoms with Gasteiger partial charge < -0.3 is 5.11 Å². The van der Waals surface area contributed by atoms with Crippen molar-refractivity contribution >= 4 is 5.97 Å². The molecule has 5 heteroatoms. The molecule has 88 valence electrons. The van der Waals surface area contributed by atoms with E-state index in [-0.39, 0.29) is 11.3 Å². The second-order valence-electron chi connectivity index (χ2n) is 3.68. The number of aromatic carboxylic acids is 1. The van der Waals surface area contributed by atoms with E-state index in [0.29, 0.717) is 5.56 Å². The van der Waals surface area contributed by atoms with Crippen molar-refractivity contribution in [2.24, 2.45) is 0 Å². The molecule has 0 fully saturated rings. The van der Waals surface area contributed by atoms with Gasteiger partial charge in [0, 0.05) is 0 Å². The summed E-state index contributed by atoms with van der Waals surface area (Å²) in [6.07, 6.45) is 0.898. The second kappa shape index (κ2) is 4.29. The Kier molecular flexibility index (Phi) is 2.82. The van der Waals surface area contributed by atoms with Gasteiger partial charge in [-0.05, 0) is 17.5 Å². The standard InChI is InChI=1S/C12H12N2O3/c1-2-7-3-5-8(6-4-7)9-10(12(16)17)13-14-11(9)15/h3-6H,2H2,1H3,(H,16,17)(H2,13,14,15). The van der Waals surface area contributed by atoms with Crippen LogP contribution in [0.1, 0.15) is 23.0 Å². The van der Waals surface area contributed by atoms with Gasteiger partial charge in [0.15, 0.2) is 5.69 Å². The third-order valence-corrected chi connectivity index (χ3v) is 2.64. The van der Waals surface area contributed by atoms with Crippen LogP contribution < -0.4 is 5.56 Å². The Hall–Kier alpha value is -2.30. The molecule has 2 rings (SSSR count). The predicted molar refractivity (Wildman–Crippen MR) is 63.2 cm³/mol. The van der Waals surface area contributed by atoms with Gasteiger partial charge in [-0.2, -0.15) is 0 Å². The number of aryl methyl sites for hydroxylation is 1. The van der Waals surface area contributed by atoms with Gasteiger partial charge in [-0.25, -0.2) is 4.79 Å². The topological polar surface area (TPSA) is 85.9 Å². The maximum atomic E-state index is 11.5. The number of aromatic amines is 2. The number of aromatic nitrogens is 2. The van der Waals surface area contributed by atoms with Gasteiger partial charge in [-0.1, -0.05) is 31.2 Å². The molecule has 0 aliphatic rings. The SMILES string of the molecule is CCc1ccc(-c2c(C(=O)O)[nH][nH]c2=O)cc1. The molecular formula is C12H12N2O3. The fourth-order valence-corrected chi connectivity index (χ4v) is 1.70. The first-order valence-electron chi connectivity index (χ1n) is 5.26. The van der Waals surface area contributed by atoms with Crippen molar-refractivity contribution in [3.8, 4) is 11.1 Å². The van der Waals surface area contributed by atoms with Crippen LogP contribution in [0.2, 0.25) is 0 Å². The predicted octanol–water partition coefficient (Wildman–Crippen LogP) is 1.63. The third-order valence-electron chi connectivity index (χ3n) is 2.64. The average molecular weight is 232 g/mol. The van der Waals surface area contributed by atoms with Crippen molar-refractivity contribution in [2.45, 2.75) is 13.3 Å². The van der Waals surface area contributed by atoms with E-state index < -0.39 is 11.5 Å². The van der Waals surface area contributed by atoms with Crippen LogP contribution in [0.3, 0.4) is 0 Å². The van der Waals surface area contributed by atoms with Gasteiger partial charge in [0.25, 0.3) is 5.56 Å². The highest BCUT2D eigenvalue weighted by Crippen LogP contribution is 2.19. The maximum Gasteiger partial charge on any atom is 0.354 e. The van der Waals surface area contributed by atoms with Crippen LogP contribution in [0.5, 0.6) is 0 Å². The van der Waals surface area contributed by atoms with Crippen molar-refractivity contribution in [3.63, 3.8) is 0 Å². The Balaban J connectivity index is 2.55. The van der Waals surface area contributed by atoms with E-state index in [1.807, 2.05) is 19.1 Å². The second-order valence-corrected chi connectivity index (χ2v) is 3.68. The summed E-state index contributed by atoms with van der Waals surface area (Å²) >= 11 is 0. The van der Waals surface area contributed by atoms with E-state index >= 15 is 0 Å². The summed E-state index contributed by atoms with van der Waals surface area (Å²) in [6.45, 7) is 2.03. The summed E-state index contributed by atoms with van der Waals surface area (Å²) in [5.74, 6) is -1.15. The number of hydrogen-bond donors (Lipinski definition) is 3. The number of nitrogens with one attached hydrogen (secondary N) is 2. The number of hydrogen-bond acceptors (Lipinski definition) is 2. The van der Waals surface area contributed by atoms with E-state index in [1.165, 1.54) is 0 Å². The number of carbonyl (C=O) groups is 1. The minimum Gasteiger partial charge on any atom is -0.477 e. The van der Waals surface area contributed by atoms with Crippen LogP contribution in [0.4, 0.5) is 0 Å². The molecule has 1 aromatic carbocycles. The van der Waals surface area contributed by atoms with Crippen molar-refractivity contribution in [1.82, 2.24) is 10.2 Å². The fourth-order valence-electron chi connectivity index (χ4n) is 1.70. The lowest BCUT2D eigenvalue weighted by atomic mass is 10.0. The van der Waals surface area contributed by atoms with Gasteiger partial charge in [0.05, 0.1) is 5.56 Å². The third kappa shape index (κ3) is 1.99. The maximum absolute atomic E-state index is 11.5. The van der Waals surface area contributed by atoms with Crippen LogP contribution >= 0.6 is 0 Å². The molecule has 0 atom stereocenters. The molecule has 0 saturated carbocycles. The largest absolute Gasteiger partial charge is 0.477 e. The van der Waals surface area contributed by atoms with Crippen LogP contribution in [0, 0.1) is 0 Å². The number of benzene rings is 1. The van der Waals surface area contributed by atoms with Crippen molar-refractivity contribution in [2.75, 3.05) is 0 Å². The first-order chi connectivity index (χ1) is 8.13. The van der Waals surface area contributed by atoms with E-state index in [9.17, 15) is 9.59 Å².